The molecule has 2 aliphatic carbocycles. The Bertz CT molecular complexity index is 1370. The van der Waals surface area contributed by atoms with E-state index in [0.717, 1.165) is 34.2 Å². The molecule has 0 bridgehead atoms. The summed E-state index contributed by atoms with van der Waals surface area (Å²) in [6.07, 6.45) is 0.873. The monoisotopic (exact) mass is 556 g/mol. The van der Waals surface area contributed by atoms with E-state index in [1.165, 1.54) is 0 Å². The molecule has 0 heterocycles. The second-order valence-electron chi connectivity index (χ2n) is 10.4. The third-order valence-electron chi connectivity index (χ3n) is 7.75. The number of benzene rings is 3. The van der Waals surface area contributed by atoms with Crippen LogP contribution in [-0.4, -0.2) is 47.7 Å². The maximum atomic E-state index is 13.2. The Kier molecular flexibility index (Phi) is 8.62. The maximum Gasteiger partial charge on any atom is 0.407 e. The zero-order chi connectivity index (χ0) is 28.8. The van der Waals surface area contributed by atoms with Crippen LogP contribution in [0.15, 0.2) is 78.9 Å². The maximum absolute atomic E-state index is 13.2. The van der Waals surface area contributed by atoms with Gasteiger partial charge in [-0.05, 0) is 46.6 Å². The van der Waals surface area contributed by atoms with Crippen LogP contribution >= 0.6 is 0 Å². The molecule has 0 spiro atoms. The lowest BCUT2D eigenvalue weighted by molar-refractivity contribution is -0.148. The molecule has 0 radical (unpaired) electrons. The van der Waals surface area contributed by atoms with E-state index >= 15 is 0 Å². The summed E-state index contributed by atoms with van der Waals surface area (Å²) in [5, 5.41) is 14.6. The van der Waals surface area contributed by atoms with Gasteiger partial charge in [0.25, 0.3) is 0 Å². The molecule has 3 aromatic carbocycles. The van der Waals surface area contributed by atoms with Crippen molar-refractivity contribution in [3.05, 3.63) is 95.6 Å². The van der Waals surface area contributed by atoms with Gasteiger partial charge in [-0.3, -0.25) is 9.59 Å². The van der Waals surface area contributed by atoms with E-state index in [-0.39, 0.29) is 25.0 Å². The number of aliphatic carboxylic acids is 1. The van der Waals surface area contributed by atoms with Gasteiger partial charge in [0.05, 0.1) is 6.42 Å². The number of carbonyl (C=O) groups is 4. The summed E-state index contributed by atoms with van der Waals surface area (Å²) < 4.78 is 10.9. The third kappa shape index (κ3) is 6.57. The molecule has 3 aromatic rings. The molecule has 212 valence electrons. The van der Waals surface area contributed by atoms with Gasteiger partial charge in [0, 0.05) is 5.92 Å². The van der Waals surface area contributed by atoms with Crippen molar-refractivity contribution in [3.63, 3.8) is 0 Å². The van der Waals surface area contributed by atoms with Crippen molar-refractivity contribution in [2.75, 3.05) is 6.61 Å². The number of hydrogen-bond acceptors (Lipinski definition) is 6. The topological polar surface area (TPSA) is 131 Å². The molecule has 41 heavy (non-hydrogen) atoms. The molecule has 1 unspecified atom stereocenters. The number of carbonyl (C=O) groups excluding carboxylic acids is 3. The molecule has 0 aliphatic heterocycles. The standard InChI is InChI=1S/C32H32N2O7/c35-28(40-18-20-9-2-1-3-10-20)17-27(30(36)34-29(31(37)38)21-11-8-12-21)33-32(39)41-19-26-24-15-6-4-13-22(24)23-14-5-7-16-25(23)26/h1-7,9-10,13-16,21,26-27,29H,8,11-12,17-19H2,(H,33,39)(H,34,36)(H,37,38)/t27-,29?/m0/s1. The highest BCUT2D eigenvalue weighted by Gasteiger charge is 2.36. The number of carboxylic acid groups (broad SMARTS) is 1. The summed E-state index contributed by atoms with van der Waals surface area (Å²) >= 11 is 0. The van der Waals surface area contributed by atoms with E-state index < -0.39 is 42.4 Å². The van der Waals surface area contributed by atoms with Gasteiger partial charge in [-0.15, -0.1) is 0 Å². The number of ether oxygens (including phenoxy) is 2. The van der Waals surface area contributed by atoms with Crippen molar-refractivity contribution in [1.29, 1.82) is 0 Å². The third-order valence-corrected chi connectivity index (χ3v) is 7.75. The Hall–Kier alpha value is -4.66. The Morgan fingerprint density at radius 3 is 2.00 bits per heavy atom. The average molecular weight is 557 g/mol. The quantitative estimate of drug-likeness (QED) is 0.299. The summed E-state index contributed by atoms with van der Waals surface area (Å²) in [7, 11) is 0. The van der Waals surface area contributed by atoms with Gasteiger partial charge in [0.1, 0.15) is 25.3 Å². The second-order valence-corrected chi connectivity index (χ2v) is 10.4. The molecule has 0 saturated heterocycles. The number of rotatable bonds is 11. The van der Waals surface area contributed by atoms with E-state index in [2.05, 4.69) is 10.6 Å². The van der Waals surface area contributed by atoms with E-state index in [4.69, 9.17) is 9.47 Å². The van der Waals surface area contributed by atoms with Crippen LogP contribution < -0.4 is 10.6 Å². The van der Waals surface area contributed by atoms with Gasteiger partial charge < -0.3 is 25.2 Å². The van der Waals surface area contributed by atoms with Crippen molar-refractivity contribution in [3.8, 4) is 11.1 Å². The van der Waals surface area contributed by atoms with Gasteiger partial charge in [0.15, 0.2) is 0 Å². The molecule has 5 rings (SSSR count). The van der Waals surface area contributed by atoms with Gasteiger partial charge in [-0.1, -0.05) is 85.3 Å². The first-order valence-electron chi connectivity index (χ1n) is 13.7. The van der Waals surface area contributed by atoms with Gasteiger partial charge in [-0.2, -0.15) is 0 Å². The minimum Gasteiger partial charge on any atom is -0.480 e. The van der Waals surface area contributed by atoms with E-state index in [9.17, 15) is 24.3 Å². The molecule has 9 heteroatoms. The first kappa shape index (κ1) is 27.9. The highest BCUT2D eigenvalue weighted by Crippen LogP contribution is 2.44. The van der Waals surface area contributed by atoms with Gasteiger partial charge >= 0.3 is 18.0 Å². The van der Waals surface area contributed by atoms with Gasteiger partial charge in [0.2, 0.25) is 5.91 Å². The minimum atomic E-state index is -1.38. The SMILES string of the molecule is O=C(C[C@H](NC(=O)OCC1c2ccccc2-c2ccccc21)C(=O)NC(C(=O)O)C1CCC1)OCc1ccccc1. The molecule has 1 saturated carbocycles. The van der Waals surface area contributed by atoms with Crippen LogP contribution in [0, 0.1) is 5.92 Å². The lowest BCUT2D eigenvalue weighted by Crippen LogP contribution is -2.55. The minimum absolute atomic E-state index is 0.00121. The largest absolute Gasteiger partial charge is 0.480 e. The molecule has 2 aliphatic rings. The summed E-state index contributed by atoms with van der Waals surface area (Å²) in [5.74, 6) is -3.05. The summed E-state index contributed by atoms with van der Waals surface area (Å²) in [4.78, 5) is 50.6. The Labute approximate surface area is 237 Å². The summed E-state index contributed by atoms with van der Waals surface area (Å²) in [5.41, 5.74) is 4.98. The van der Waals surface area contributed by atoms with Crippen molar-refractivity contribution in [2.45, 2.75) is 50.3 Å². The number of nitrogens with one attached hydrogen (secondary N) is 2. The fourth-order valence-electron chi connectivity index (χ4n) is 5.36. The molecule has 2 amide bonds. The molecule has 9 nitrogen and oxygen atoms in total. The second kappa shape index (κ2) is 12.7. The fourth-order valence-corrected chi connectivity index (χ4v) is 5.36. The van der Waals surface area contributed by atoms with Crippen LogP contribution in [0.3, 0.4) is 0 Å². The molecule has 1 fully saturated rings. The lowest BCUT2D eigenvalue weighted by Gasteiger charge is -2.32. The van der Waals surface area contributed by atoms with E-state index in [1.807, 2.05) is 66.7 Å². The fraction of sp³-hybridized carbons (Fsp3) is 0.312. The molecule has 2 atom stereocenters. The number of carboxylic acids is 1. The first-order chi connectivity index (χ1) is 19.9. The molecule has 3 N–H and O–H groups in total. The predicted octanol–water partition coefficient (Wildman–Crippen LogP) is 4.40. The van der Waals surface area contributed by atoms with Crippen molar-refractivity contribution in [2.24, 2.45) is 5.92 Å². The predicted molar refractivity (Wildman–Crippen MR) is 150 cm³/mol. The molecular weight excluding hydrogens is 524 g/mol. The van der Waals surface area contributed by atoms with Crippen LogP contribution in [-0.2, 0) is 30.5 Å². The van der Waals surface area contributed by atoms with Crippen LogP contribution in [0.25, 0.3) is 11.1 Å². The average Bonchev–Trinajstić information content (AvgIpc) is 3.27. The molecule has 0 aromatic heterocycles. The highest BCUT2D eigenvalue weighted by molar-refractivity contribution is 5.92. The van der Waals surface area contributed by atoms with Crippen molar-refractivity contribution in [1.82, 2.24) is 10.6 Å². The van der Waals surface area contributed by atoms with Crippen molar-refractivity contribution < 1.29 is 33.8 Å². The van der Waals surface area contributed by atoms with Crippen LogP contribution in [0.5, 0.6) is 0 Å². The van der Waals surface area contributed by atoms with Crippen molar-refractivity contribution >= 4 is 23.9 Å². The highest BCUT2D eigenvalue weighted by atomic mass is 16.5. The number of alkyl carbamates (subject to hydrolysis) is 1. The van der Waals surface area contributed by atoms with Crippen LogP contribution in [0.4, 0.5) is 4.79 Å². The van der Waals surface area contributed by atoms with E-state index in [0.29, 0.717) is 12.8 Å². The van der Waals surface area contributed by atoms with Crippen LogP contribution in [0.2, 0.25) is 0 Å². The zero-order valence-electron chi connectivity index (χ0n) is 22.5. The van der Waals surface area contributed by atoms with E-state index in [1.54, 1.807) is 12.1 Å². The summed E-state index contributed by atoms with van der Waals surface area (Å²) in [6, 6.07) is 22.4. The Morgan fingerprint density at radius 1 is 0.805 bits per heavy atom. The summed E-state index contributed by atoms with van der Waals surface area (Å²) in [6.45, 7) is 0.0191. The number of amides is 2. The number of hydrogen-bond donors (Lipinski definition) is 3. The van der Waals surface area contributed by atoms with Gasteiger partial charge in [-0.25, -0.2) is 9.59 Å². The Balaban J connectivity index is 1.25. The lowest BCUT2D eigenvalue weighted by atomic mass is 9.79. The molecular formula is C32H32N2O7. The normalized spacial score (nSPS) is 15.4. The Morgan fingerprint density at radius 2 is 1.41 bits per heavy atom. The van der Waals surface area contributed by atoms with Crippen LogP contribution in [0.1, 0.15) is 48.3 Å². The zero-order valence-corrected chi connectivity index (χ0v) is 22.5. The smallest absolute Gasteiger partial charge is 0.407 e. The number of esters is 1. The first-order valence-corrected chi connectivity index (χ1v) is 13.7. The number of fused-ring (bicyclic) bond motifs is 3.